The van der Waals surface area contributed by atoms with E-state index in [-0.39, 0.29) is 12.0 Å². The highest BCUT2D eigenvalue weighted by molar-refractivity contribution is 7.22. The molecule has 0 aliphatic carbocycles. The highest BCUT2D eigenvalue weighted by atomic mass is 32.1. The summed E-state index contributed by atoms with van der Waals surface area (Å²) in [5, 5.41) is 0.727. The quantitative estimate of drug-likeness (QED) is 0.628. The molecule has 1 amide bonds. The van der Waals surface area contributed by atoms with Crippen molar-refractivity contribution in [3.8, 4) is 0 Å². The van der Waals surface area contributed by atoms with Gasteiger partial charge in [-0.05, 0) is 50.8 Å². The van der Waals surface area contributed by atoms with Gasteiger partial charge in [-0.15, -0.1) is 0 Å². The molecule has 0 bridgehead atoms. The lowest BCUT2D eigenvalue weighted by molar-refractivity contribution is 0.0916. The van der Waals surface area contributed by atoms with Gasteiger partial charge in [-0.3, -0.25) is 9.69 Å². The van der Waals surface area contributed by atoms with Crippen LogP contribution < -0.4 is 4.90 Å². The number of rotatable bonds is 5. The maximum absolute atomic E-state index is 13.4. The fraction of sp³-hybridized carbons (Fsp3) is 0.429. The molecule has 0 radical (unpaired) electrons. The average molecular weight is 385 g/mol. The lowest BCUT2D eigenvalue weighted by Gasteiger charge is -2.22. The molecule has 6 heteroatoms. The van der Waals surface area contributed by atoms with Gasteiger partial charge in [-0.25, -0.2) is 4.98 Å². The molecule has 0 saturated carbocycles. The first-order valence-corrected chi connectivity index (χ1v) is 10.3. The van der Waals surface area contributed by atoms with Crippen molar-refractivity contribution in [3.63, 3.8) is 0 Å². The van der Waals surface area contributed by atoms with Crippen LogP contribution in [-0.2, 0) is 11.2 Å². The summed E-state index contributed by atoms with van der Waals surface area (Å²) in [7, 11) is 0. The SMILES string of the molecule is CCc1cccc2sc(N(CC3CCCO3)C(=O)c3cc(C)oc3C)nc12. The number of furan rings is 1. The molecule has 27 heavy (non-hydrogen) atoms. The van der Waals surface area contributed by atoms with Crippen LogP contribution in [-0.4, -0.2) is 30.1 Å². The zero-order valence-electron chi connectivity index (χ0n) is 15.9. The average Bonchev–Trinajstić information content (AvgIpc) is 3.38. The third-order valence-corrected chi connectivity index (χ3v) is 6.07. The van der Waals surface area contributed by atoms with Crippen molar-refractivity contribution < 1.29 is 13.9 Å². The molecule has 4 rings (SSSR count). The van der Waals surface area contributed by atoms with Crippen molar-refractivity contribution in [3.05, 3.63) is 46.9 Å². The Kier molecular flexibility index (Phi) is 5.02. The van der Waals surface area contributed by atoms with E-state index in [1.807, 2.05) is 19.9 Å². The Labute approximate surface area is 163 Å². The van der Waals surface area contributed by atoms with Crippen LogP contribution in [0.25, 0.3) is 10.2 Å². The van der Waals surface area contributed by atoms with Crippen LogP contribution in [0.4, 0.5) is 5.13 Å². The minimum atomic E-state index is -0.0723. The third kappa shape index (κ3) is 3.51. The van der Waals surface area contributed by atoms with Crippen molar-refractivity contribution in [2.24, 2.45) is 0 Å². The number of carbonyl (C=O) groups excluding carboxylic acids is 1. The van der Waals surface area contributed by atoms with Gasteiger partial charge in [-0.1, -0.05) is 30.4 Å². The molecule has 1 unspecified atom stereocenters. The number of fused-ring (bicyclic) bond motifs is 1. The van der Waals surface area contributed by atoms with Crippen molar-refractivity contribution in [2.75, 3.05) is 18.1 Å². The van der Waals surface area contributed by atoms with Crippen LogP contribution >= 0.6 is 11.3 Å². The Morgan fingerprint density at radius 3 is 2.89 bits per heavy atom. The summed E-state index contributed by atoms with van der Waals surface area (Å²) in [6, 6.07) is 8.03. The number of ether oxygens (including phenoxy) is 1. The molecule has 3 heterocycles. The molecule has 2 aromatic heterocycles. The predicted octanol–water partition coefficient (Wildman–Crippen LogP) is 4.89. The van der Waals surface area contributed by atoms with Crippen LogP contribution in [0.2, 0.25) is 0 Å². The Balaban J connectivity index is 1.75. The molecule has 142 valence electrons. The minimum absolute atomic E-state index is 0.0555. The van der Waals surface area contributed by atoms with E-state index in [0.29, 0.717) is 17.9 Å². The fourth-order valence-corrected chi connectivity index (χ4v) is 4.64. The number of hydrogen-bond acceptors (Lipinski definition) is 5. The second kappa shape index (κ2) is 7.44. The van der Waals surface area contributed by atoms with Gasteiger partial charge in [-0.2, -0.15) is 0 Å². The molecular weight excluding hydrogens is 360 g/mol. The van der Waals surface area contributed by atoms with Gasteiger partial charge < -0.3 is 9.15 Å². The van der Waals surface area contributed by atoms with E-state index < -0.39 is 0 Å². The van der Waals surface area contributed by atoms with Crippen LogP contribution in [0.5, 0.6) is 0 Å². The Hall–Kier alpha value is -2.18. The largest absolute Gasteiger partial charge is 0.466 e. The van der Waals surface area contributed by atoms with Gasteiger partial charge in [0.25, 0.3) is 5.91 Å². The standard InChI is InChI=1S/C21H24N2O3S/c1-4-15-7-5-9-18-19(15)22-21(27-18)23(12-16-8-6-10-25-16)20(24)17-11-13(2)26-14(17)3/h5,7,9,11,16H,4,6,8,10,12H2,1-3H3. The number of benzene rings is 1. The number of nitrogens with zero attached hydrogens (tertiary/aromatic N) is 2. The zero-order valence-corrected chi connectivity index (χ0v) is 16.8. The lowest BCUT2D eigenvalue weighted by atomic mass is 10.1. The number of aryl methyl sites for hydroxylation is 3. The summed E-state index contributed by atoms with van der Waals surface area (Å²) >= 11 is 1.56. The molecule has 1 aromatic carbocycles. The smallest absolute Gasteiger partial charge is 0.263 e. The maximum Gasteiger partial charge on any atom is 0.263 e. The summed E-state index contributed by atoms with van der Waals surface area (Å²) < 4.78 is 12.5. The second-order valence-electron chi connectivity index (χ2n) is 6.99. The van der Waals surface area contributed by atoms with Gasteiger partial charge in [0, 0.05) is 6.61 Å². The normalized spacial score (nSPS) is 16.9. The van der Waals surface area contributed by atoms with E-state index in [4.69, 9.17) is 14.1 Å². The van der Waals surface area contributed by atoms with Gasteiger partial charge in [0.1, 0.15) is 11.5 Å². The predicted molar refractivity (Wildman–Crippen MR) is 108 cm³/mol. The number of hydrogen-bond donors (Lipinski definition) is 0. The molecule has 0 N–H and O–H groups in total. The monoisotopic (exact) mass is 384 g/mol. The molecule has 0 spiro atoms. The van der Waals surface area contributed by atoms with Crippen molar-refractivity contribution in [1.82, 2.24) is 4.98 Å². The first kappa shape index (κ1) is 18.2. The Morgan fingerprint density at radius 1 is 1.37 bits per heavy atom. The molecule has 1 atom stereocenters. The van der Waals surface area contributed by atoms with Crippen LogP contribution in [0.3, 0.4) is 0 Å². The van der Waals surface area contributed by atoms with Crippen molar-refractivity contribution in [2.45, 2.75) is 46.1 Å². The molecule has 1 aliphatic heterocycles. The van der Waals surface area contributed by atoms with Gasteiger partial charge in [0.15, 0.2) is 5.13 Å². The van der Waals surface area contributed by atoms with E-state index in [2.05, 4.69) is 25.1 Å². The first-order valence-electron chi connectivity index (χ1n) is 9.45. The molecular formula is C21H24N2O3S. The maximum atomic E-state index is 13.4. The Morgan fingerprint density at radius 2 is 2.22 bits per heavy atom. The summed E-state index contributed by atoms with van der Waals surface area (Å²) in [6.07, 6.45) is 2.98. The van der Waals surface area contributed by atoms with E-state index in [1.165, 1.54) is 5.56 Å². The molecule has 5 nitrogen and oxygen atoms in total. The number of para-hydroxylation sites is 1. The van der Waals surface area contributed by atoms with E-state index in [0.717, 1.165) is 47.0 Å². The lowest BCUT2D eigenvalue weighted by Crippen LogP contribution is -2.37. The topological polar surface area (TPSA) is 55.6 Å². The van der Waals surface area contributed by atoms with E-state index in [9.17, 15) is 4.79 Å². The van der Waals surface area contributed by atoms with E-state index >= 15 is 0 Å². The number of aromatic nitrogens is 1. The summed E-state index contributed by atoms with van der Waals surface area (Å²) in [5.74, 6) is 1.31. The van der Waals surface area contributed by atoms with Crippen molar-refractivity contribution >= 4 is 32.6 Å². The molecule has 1 fully saturated rings. The number of carbonyl (C=O) groups is 1. The highest BCUT2D eigenvalue weighted by Gasteiger charge is 2.29. The number of thiazole rings is 1. The Bertz CT molecular complexity index is 969. The number of anilines is 1. The van der Waals surface area contributed by atoms with Gasteiger partial charge in [0.05, 0.1) is 28.4 Å². The fourth-order valence-electron chi connectivity index (χ4n) is 3.62. The first-order chi connectivity index (χ1) is 13.1. The third-order valence-electron chi connectivity index (χ3n) is 5.03. The minimum Gasteiger partial charge on any atom is -0.466 e. The summed E-state index contributed by atoms with van der Waals surface area (Å²) in [5.41, 5.74) is 2.79. The molecule has 3 aromatic rings. The van der Waals surface area contributed by atoms with Crippen LogP contribution in [0.15, 0.2) is 28.7 Å². The molecule has 1 aliphatic rings. The second-order valence-corrected chi connectivity index (χ2v) is 8.00. The summed E-state index contributed by atoms with van der Waals surface area (Å²) in [6.45, 7) is 7.10. The highest BCUT2D eigenvalue weighted by Crippen LogP contribution is 2.33. The van der Waals surface area contributed by atoms with Gasteiger partial charge >= 0.3 is 0 Å². The number of amides is 1. The van der Waals surface area contributed by atoms with E-state index in [1.54, 1.807) is 16.2 Å². The van der Waals surface area contributed by atoms with Crippen molar-refractivity contribution in [1.29, 1.82) is 0 Å². The van der Waals surface area contributed by atoms with Gasteiger partial charge in [0.2, 0.25) is 0 Å². The zero-order chi connectivity index (χ0) is 19.0. The molecule has 1 saturated heterocycles. The van der Waals surface area contributed by atoms with Crippen LogP contribution in [0.1, 0.15) is 47.2 Å². The summed E-state index contributed by atoms with van der Waals surface area (Å²) in [4.78, 5) is 20.0. The van der Waals surface area contributed by atoms with Crippen LogP contribution in [0, 0.1) is 13.8 Å².